The highest BCUT2D eigenvalue weighted by molar-refractivity contribution is 7.80. The number of hydrogen-bond acceptors (Lipinski definition) is 4. The molecule has 1 amide bonds. The lowest BCUT2D eigenvalue weighted by Gasteiger charge is -2.24. The van der Waals surface area contributed by atoms with E-state index in [2.05, 4.69) is 5.32 Å². The predicted molar refractivity (Wildman–Crippen MR) is 64.2 cm³/mol. The quantitative estimate of drug-likeness (QED) is 0.667. The van der Waals surface area contributed by atoms with Crippen LogP contribution in [0.15, 0.2) is 0 Å². The van der Waals surface area contributed by atoms with Crippen LogP contribution in [0.3, 0.4) is 0 Å². The molecular weight excluding hydrogens is 228 g/mol. The van der Waals surface area contributed by atoms with Gasteiger partial charge in [-0.15, -0.1) is 0 Å². The van der Waals surface area contributed by atoms with Gasteiger partial charge in [0.15, 0.2) is 6.10 Å². The molecule has 0 spiro atoms. The van der Waals surface area contributed by atoms with Crippen LogP contribution in [0.5, 0.6) is 0 Å². The minimum Gasteiger partial charge on any atom is -0.393 e. The molecule has 0 aromatic rings. The molecule has 0 aliphatic carbocycles. The van der Waals surface area contributed by atoms with E-state index in [-0.39, 0.29) is 11.9 Å². The van der Waals surface area contributed by atoms with Crippen LogP contribution in [0, 0.1) is 0 Å². The van der Waals surface area contributed by atoms with Crippen molar-refractivity contribution < 1.29 is 14.3 Å². The Morgan fingerprint density at radius 3 is 2.88 bits per heavy atom. The van der Waals surface area contributed by atoms with Gasteiger partial charge >= 0.3 is 0 Å². The lowest BCUT2D eigenvalue weighted by molar-refractivity contribution is -0.148. The van der Waals surface area contributed by atoms with E-state index >= 15 is 0 Å². The Labute approximate surface area is 101 Å². The first kappa shape index (κ1) is 13.3. The summed E-state index contributed by atoms with van der Waals surface area (Å²) in [6.07, 6.45) is 0.802. The van der Waals surface area contributed by atoms with Crippen LogP contribution < -0.4 is 11.1 Å². The average Bonchev–Trinajstić information content (AvgIpc) is 2.28. The summed E-state index contributed by atoms with van der Waals surface area (Å²) in [7, 11) is 0. The monoisotopic (exact) mass is 246 g/mol. The van der Waals surface area contributed by atoms with Gasteiger partial charge in [-0.2, -0.15) is 0 Å². The second kappa shape index (κ2) is 6.78. The lowest BCUT2D eigenvalue weighted by Crippen LogP contribution is -2.47. The van der Waals surface area contributed by atoms with Gasteiger partial charge in [-0.25, -0.2) is 0 Å². The number of hydrogen-bond donors (Lipinski definition) is 2. The molecule has 0 bridgehead atoms. The maximum absolute atomic E-state index is 11.7. The Morgan fingerprint density at radius 2 is 2.38 bits per heavy atom. The molecule has 0 saturated carbocycles. The van der Waals surface area contributed by atoms with Gasteiger partial charge in [0, 0.05) is 12.5 Å². The Bertz CT molecular complexity index is 254. The molecule has 2 atom stereocenters. The third-order valence-corrected chi connectivity index (χ3v) is 2.56. The Morgan fingerprint density at radius 1 is 1.62 bits per heavy atom. The largest absolute Gasteiger partial charge is 0.393 e. The number of nitrogens with two attached hydrogens (primary N) is 1. The van der Waals surface area contributed by atoms with Gasteiger partial charge in [-0.1, -0.05) is 19.1 Å². The lowest BCUT2D eigenvalue weighted by atomic mass is 10.1. The Kier molecular flexibility index (Phi) is 5.65. The number of nitrogens with one attached hydrogen (secondary N) is 1. The van der Waals surface area contributed by atoms with Crippen LogP contribution in [0.25, 0.3) is 0 Å². The second-order valence-corrected chi connectivity index (χ2v) is 4.24. The normalized spacial score (nSPS) is 22.4. The van der Waals surface area contributed by atoms with Gasteiger partial charge in [-0.3, -0.25) is 4.79 Å². The number of carbonyl (C=O) groups is 1. The molecule has 0 aromatic carbocycles. The molecule has 0 radical (unpaired) electrons. The van der Waals surface area contributed by atoms with Gasteiger partial charge < -0.3 is 20.5 Å². The molecule has 1 aliphatic rings. The molecule has 1 heterocycles. The summed E-state index contributed by atoms with van der Waals surface area (Å²) < 4.78 is 10.5. The molecule has 92 valence electrons. The summed E-state index contributed by atoms with van der Waals surface area (Å²) in [6.45, 7) is 3.30. The number of carbonyl (C=O) groups excluding carboxylic acids is 1. The van der Waals surface area contributed by atoms with Crippen molar-refractivity contribution in [2.45, 2.75) is 31.9 Å². The van der Waals surface area contributed by atoms with E-state index in [0.29, 0.717) is 31.2 Å². The predicted octanol–water partition coefficient (Wildman–Crippen LogP) is -0.0272. The SMILES string of the molecule is CCC(CC(N)=S)NC(=O)C1COCCO1. The molecule has 0 aromatic heterocycles. The zero-order valence-corrected chi connectivity index (χ0v) is 10.2. The van der Waals surface area contributed by atoms with Gasteiger partial charge in [0.1, 0.15) is 0 Å². The van der Waals surface area contributed by atoms with E-state index in [1.807, 2.05) is 6.92 Å². The van der Waals surface area contributed by atoms with Crippen molar-refractivity contribution in [3.63, 3.8) is 0 Å². The Hall–Kier alpha value is -0.720. The maximum atomic E-state index is 11.7. The zero-order valence-electron chi connectivity index (χ0n) is 9.40. The molecular formula is C10H18N2O3S. The molecule has 1 rings (SSSR count). The fraction of sp³-hybridized carbons (Fsp3) is 0.800. The van der Waals surface area contributed by atoms with Crippen LogP contribution >= 0.6 is 12.2 Å². The number of amides is 1. The van der Waals surface area contributed by atoms with Crippen LogP contribution in [-0.2, 0) is 14.3 Å². The third kappa shape index (κ3) is 4.42. The van der Waals surface area contributed by atoms with Crippen LogP contribution in [0.1, 0.15) is 19.8 Å². The first-order valence-electron chi connectivity index (χ1n) is 5.41. The number of ether oxygens (including phenoxy) is 2. The molecule has 1 saturated heterocycles. The summed E-state index contributed by atoms with van der Waals surface area (Å²) >= 11 is 4.82. The van der Waals surface area contributed by atoms with Crippen LogP contribution in [-0.4, -0.2) is 42.9 Å². The van der Waals surface area contributed by atoms with Gasteiger partial charge in [0.25, 0.3) is 5.91 Å². The minimum absolute atomic E-state index is 0.0180. The second-order valence-electron chi connectivity index (χ2n) is 3.72. The molecule has 16 heavy (non-hydrogen) atoms. The highest BCUT2D eigenvalue weighted by Crippen LogP contribution is 2.04. The smallest absolute Gasteiger partial charge is 0.251 e. The zero-order chi connectivity index (χ0) is 12.0. The molecule has 2 unspecified atom stereocenters. The van der Waals surface area contributed by atoms with E-state index in [4.69, 9.17) is 27.4 Å². The van der Waals surface area contributed by atoms with Gasteiger partial charge in [0.2, 0.25) is 0 Å². The molecule has 6 heteroatoms. The fourth-order valence-corrected chi connectivity index (χ4v) is 1.67. The van der Waals surface area contributed by atoms with Crippen molar-refractivity contribution in [1.29, 1.82) is 0 Å². The molecule has 5 nitrogen and oxygen atoms in total. The van der Waals surface area contributed by atoms with Crippen molar-refractivity contribution in [1.82, 2.24) is 5.32 Å². The fourth-order valence-electron chi connectivity index (χ4n) is 1.47. The minimum atomic E-state index is -0.505. The van der Waals surface area contributed by atoms with E-state index in [1.54, 1.807) is 0 Å². The molecule has 3 N–H and O–H groups in total. The molecule has 1 aliphatic heterocycles. The summed E-state index contributed by atoms with van der Waals surface area (Å²) in [5.41, 5.74) is 5.45. The summed E-state index contributed by atoms with van der Waals surface area (Å²) in [4.78, 5) is 12.2. The highest BCUT2D eigenvalue weighted by atomic mass is 32.1. The first-order valence-corrected chi connectivity index (χ1v) is 5.82. The van der Waals surface area contributed by atoms with Crippen molar-refractivity contribution >= 4 is 23.1 Å². The van der Waals surface area contributed by atoms with Crippen molar-refractivity contribution in [3.05, 3.63) is 0 Å². The summed E-state index contributed by atoms with van der Waals surface area (Å²) in [5, 5.41) is 2.86. The van der Waals surface area contributed by atoms with Gasteiger partial charge in [0.05, 0.1) is 24.8 Å². The highest BCUT2D eigenvalue weighted by Gasteiger charge is 2.24. The maximum Gasteiger partial charge on any atom is 0.251 e. The van der Waals surface area contributed by atoms with E-state index in [0.717, 1.165) is 6.42 Å². The van der Waals surface area contributed by atoms with Crippen molar-refractivity contribution in [3.8, 4) is 0 Å². The van der Waals surface area contributed by atoms with Crippen molar-refractivity contribution in [2.75, 3.05) is 19.8 Å². The topological polar surface area (TPSA) is 73.6 Å². The van der Waals surface area contributed by atoms with E-state index < -0.39 is 6.10 Å². The first-order chi connectivity index (χ1) is 7.63. The van der Waals surface area contributed by atoms with Crippen LogP contribution in [0.4, 0.5) is 0 Å². The van der Waals surface area contributed by atoms with Gasteiger partial charge in [-0.05, 0) is 6.42 Å². The van der Waals surface area contributed by atoms with Crippen LogP contribution in [0.2, 0.25) is 0 Å². The number of rotatable bonds is 5. The van der Waals surface area contributed by atoms with E-state index in [9.17, 15) is 4.79 Å². The third-order valence-electron chi connectivity index (χ3n) is 2.40. The number of thiocarbonyl (C=S) groups is 1. The summed E-state index contributed by atoms with van der Waals surface area (Å²) in [6, 6.07) is -0.0180. The van der Waals surface area contributed by atoms with E-state index in [1.165, 1.54) is 0 Å². The summed E-state index contributed by atoms with van der Waals surface area (Å²) in [5.74, 6) is -0.150. The molecule has 1 fully saturated rings. The van der Waals surface area contributed by atoms with Crippen molar-refractivity contribution in [2.24, 2.45) is 5.73 Å². The standard InChI is InChI=1S/C10H18N2O3S/c1-2-7(5-9(11)16)12-10(13)8-6-14-3-4-15-8/h7-8H,2-6H2,1H3,(H2,11,16)(H,12,13). The average molecular weight is 246 g/mol. The Balaban J connectivity index is 2.38.